The molecule has 0 aliphatic carbocycles. The monoisotopic (exact) mass is 107 g/mol. The highest BCUT2D eigenvalue weighted by Crippen LogP contribution is 1.81. The van der Waals surface area contributed by atoms with E-state index in [-0.39, 0.29) is 9.90 Å². The highest BCUT2D eigenvalue weighted by Gasteiger charge is 1.80. The molecule has 0 aliphatic rings. The first-order valence-corrected chi connectivity index (χ1v) is 1.97. The van der Waals surface area contributed by atoms with Crippen LogP contribution in [0.4, 0.5) is 0 Å². The van der Waals surface area contributed by atoms with E-state index in [1.807, 2.05) is 0 Å². The third-order valence-electron chi connectivity index (χ3n) is 0.471. The summed E-state index contributed by atoms with van der Waals surface area (Å²) in [7, 11) is 0. The van der Waals surface area contributed by atoms with Crippen LogP contribution in [0.5, 0.6) is 0 Å². The Kier molecular flexibility index (Phi) is 8.65. The zero-order chi connectivity index (χ0) is 4.28. The Morgan fingerprint density at radius 2 is 1.67 bits per heavy atom. The molecule has 0 spiro atoms. The lowest BCUT2D eigenvalue weighted by molar-refractivity contribution is 0.664. The minimum atomic E-state index is 0. The van der Waals surface area contributed by atoms with Gasteiger partial charge in [0.2, 0.25) is 0 Å². The van der Waals surface area contributed by atoms with E-state index in [0.29, 0.717) is 5.92 Å². The summed E-state index contributed by atoms with van der Waals surface area (Å²) in [6, 6.07) is 0. The van der Waals surface area contributed by atoms with Crippen molar-refractivity contribution in [3.8, 4) is 0 Å². The molecule has 0 amide bonds. The van der Waals surface area contributed by atoms with Crippen molar-refractivity contribution >= 4 is 9.90 Å². The van der Waals surface area contributed by atoms with Gasteiger partial charge < -0.3 is 5.73 Å². The van der Waals surface area contributed by atoms with Gasteiger partial charge in [-0.15, -0.1) is 0 Å². The predicted octanol–water partition coefficient (Wildman–Crippen LogP) is 0.659. The lowest BCUT2D eigenvalue weighted by Gasteiger charge is -1.91. The molecule has 0 radical (unpaired) electrons. The van der Waals surface area contributed by atoms with E-state index in [0.717, 1.165) is 6.54 Å². The van der Waals surface area contributed by atoms with Gasteiger partial charge in [-0.1, -0.05) is 13.8 Å². The van der Waals surface area contributed by atoms with Gasteiger partial charge in [-0.2, -0.15) is 9.90 Å². The van der Waals surface area contributed by atoms with Crippen molar-refractivity contribution in [1.82, 2.24) is 0 Å². The van der Waals surface area contributed by atoms with Gasteiger partial charge in [0.05, 0.1) is 0 Å². The molecule has 0 aromatic rings. The third-order valence-corrected chi connectivity index (χ3v) is 0.471. The molecule has 0 saturated heterocycles. The fourth-order valence-corrected chi connectivity index (χ4v) is 0. The minimum Gasteiger partial charge on any atom is -0.330 e. The lowest BCUT2D eigenvalue weighted by atomic mass is 10.2. The van der Waals surface area contributed by atoms with Crippen LogP contribution in [-0.4, -0.2) is 6.54 Å². The molecule has 0 fully saturated rings. The van der Waals surface area contributed by atoms with E-state index in [1.54, 1.807) is 0 Å². The smallest absolute Gasteiger partial charge is 0.00541 e. The van der Waals surface area contributed by atoms with Crippen molar-refractivity contribution in [2.24, 2.45) is 11.7 Å². The fraction of sp³-hybridized carbons (Fsp3) is 1.00. The summed E-state index contributed by atoms with van der Waals surface area (Å²) in [6.07, 6.45) is 0. The summed E-state index contributed by atoms with van der Waals surface area (Å²) >= 11 is 0. The number of hydrogen-bond acceptors (Lipinski definition) is 1. The maximum Gasteiger partial charge on any atom is -0.00541 e. The van der Waals surface area contributed by atoms with Gasteiger partial charge in [0.1, 0.15) is 0 Å². The van der Waals surface area contributed by atoms with Gasteiger partial charge in [-0.25, -0.2) is 0 Å². The summed E-state index contributed by atoms with van der Waals surface area (Å²) in [5.74, 6) is 0.662. The second kappa shape index (κ2) is 5.39. The Hall–Kier alpha value is 0.390. The first kappa shape index (κ1) is 9.63. The van der Waals surface area contributed by atoms with Gasteiger partial charge in [-0.3, -0.25) is 0 Å². The normalized spacial score (nSPS) is 8.00. The Morgan fingerprint density at radius 3 is 1.67 bits per heavy atom. The van der Waals surface area contributed by atoms with Crippen LogP contribution in [0.15, 0.2) is 0 Å². The Labute approximate surface area is 42.9 Å². The molecule has 0 bridgehead atoms. The van der Waals surface area contributed by atoms with E-state index in [1.165, 1.54) is 0 Å². The topological polar surface area (TPSA) is 26.0 Å². The minimum absolute atomic E-state index is 0. The Morgan fingerprint density at radius 1 is 1.50 bits per heavy atom. The van der Waals surface area contributed by atoms with Gasteiger partial charge in [-0.05, 0) is 12.5 Å². The first-order valence-electron chi connectivity index (χ1n) is 1.97. The molecule has 0 aromatic carbocycles. The summed E-state index contributed by atoms with van der Waals surface area (Å²) in [6.45, 7) is 5.00. The molecule has 40 valence electrons. The van der Waals surface area contributed by atoms with Gasteiger partial charge in [0.15, 0.2) is 0 Å². The van der Waals surface area contributed by atoms with Crippen LogP contribution in [0.2, 0.25) is 0 Å². The SMILES string of the molecule is CC(C)CN.P. The average Bonchev–Trinajstić information content (AvgIpc) is 1.38. The van der Waals surface area contributed by atoms with Gasteiger partial charge in [0, 0.05) is 0 Å². The van der Waals surface area contributed by atoms with Crippen molar-refractivity contribution in [3.05, 3.63) is 0 Å². The van der Waals surface area contributed by atoms with Crippen LogP contribution in [-0.2, 0) is 0 Å². The second-order valence-corrected chi connectivity index (χ2v) is 1.63. The van der Waals surface area contributed by atoms with Crippen molar-refractivity contribution in [3.63, 3.8) is 0 Å². The summed E-state index contributed by atoms with van der Waals surface area (Å²) in [5.41, 5.74) is 5.17. The molecular weight excluding hydrogens is 93.0 g/mol. The zero-order valence-electron chi connectivity index (χ0n) is 4.57. The van der Waals surface area contributed by atoms with Crippen LogP contribution in [0.25, 0.3) is 0 Å². The zero-order valence-corrected chi connectivity index (χ0v) is 5.98. The van der Waals surface area contributed by atoms with Crippen LogP contribution < -0.4 is 5.73 Å². The molecule has 0 aliphatic heterocycles. The highest BCUT2D eigenvalue weighted by atomic mass is 31.0. The number of rotatable bonds is 1. The van der Waals surface area contributed by atoms with E-state index in [9.17, 15) is 0 Å². The molecule has 2 heteroatoms. The number of nitrogens with two attached hydrogens (primary N) is 1. The summed E-state index contributed by atoms with van der Waals surface area (Å²) in [5, 5.41) is 0. The molecule has 1 nitrogen and oxygen atoms in total. The molecule has 0 rings (SSSR count). The van der Waals surface area contributed by atoms with E-state index < -0.39 is 0 Å². The standard InChI is InChI=1S/C4H11N.H3P/c1-4(2)3-5;/h4H,3,5H2,1-2H3;1H3. The van der Waals surface area contributed by atoms with Crippen LogP contribution in [0.3, 0.4) is 0 Å². The maximum atomic E-state index is 5.17. The second-order valence-electron chi connectivity index (χ2n) is 1.63. The summed E-state index contributed by atoms with van der Waals surface area (Å²) in [4.78, 5) is 0. The van der Waals surface area contributed by atoms with E-state index in [4.69, 9.17) is 5.73 Å². The average molecular weight is 107 g/mol. The Bertz CT molecular complexity index is 21.5. The van der Waals surface area contributed by atoms with Gasteiger partial charge >= 0.3 is 0 Å². The van der Waals surface area contributed by atoms with Gasteiger partial charge in [0.25, 0.3) is 0 Å². The van der Waals surface area contributed by atoms with Crippen LogP contribution >= 0.6 is 9.90 Å². The first-order chi connectivity index (χ1) is 2.27. The van der Waals surface area contributed by atoms with E-state index >= 15 is 0 Å². The van der Waals surface area contributed by atoms with Crippen molar-refractivity contribution < 1.29 is 0 Å². The van der Waals surface area contributed by atoms with Crippen molar-refractivity contribution in [2.75, 3.05) is 6.54 Å². The largest absolute Gasteiger partial charge is 0.330 e. The molecular formula is C4H14NP. The molecule has 0 heterocycles. The van der Waals surface area contributed by atoms with E-state index in [2.05, 4.69) is 13.8 Å². The van der Waals surface area contributed by atoms with Crippen molar-refractivity contribution in [1.29, 1.82) is 0 Å². The molecule has 1 unspecified atom stereocenters. The van der Waals surface area contributed by atoms with Crippen LogP contribution in [0.1, 0.15) is 13.8 Å². The highest BCUT2D eigenvalue weighted by molar-refractivity contribution is 6.92. The lowest BCUT2D eigenvalue weighted by Crippen LogP contribution is -2.05. The quantitative estimate of drug-likeness (QED) is 0.489. The van der Waals surface area contributed by atoms with Crippen LogP contribution in [0, 0.1) is 5.92 Å². The molecule has 0 saturated carbocycles. The molecule has 2 N–H and O–H groups in total. The summed E-state index contributed by atoms with van der Waals surface area (Å²) < 4.78 is 0. The molecule has 1 atom stereocenters. The molecule has 6 heavy (non-hydrogen) atoms. The Balaban J connectivity index is 0. The molecule has 0 aromatic heterocycles. The third kappa shape index (κ3) is 8.83. The number of hydrogen-bond donors (Lipinski definition) is 1. The van der Waals surface area contributed by atoms with Crippen molar-refractivity contribution in [2.45, 2.75) is 13.8 Å². The fourth-order valence-electron chi connectivity index (χ4n) is 0. The maximum absolute atomic E-state index is 5.17. The predicted molar refractivity (Wildman–Crippen MR) is 35.0 cm³/mol.